The van der Waals surface area contributed by atoms with Crippen molar-refractivity contribution in [3.63, 3.8) is 0 Å². The summed E-state index contributed by atoms with van der Waals surface area (Å²) in [6.07, 6.45) is 2.88. The van der Waals surface area contributed by atoms with E-state index < -0.39 is 5.82 Å². The summed E-state index contributed by atoms with van der Waals surface area (Å²) in [5, 5.41) is 17.6. The minimum atomic E-state index is -0.696. The highest BCUT2D eigenvalue weighted by atomic mass is 35.5. The van der Waals surface area contributed by atoms with Gasteiger partial charge in [-0.2, -0.15) is 10.2 Å². The average Bonchev–Trinajstić information content (AvgIpc) is 2.24. The van der Waals surface area contributed by atoms with E-state index in [9.17, 15) is 4.39 Å². The minimum Gasteiger partial charge on any atom is -0.343 e. The Morgan fingerprint density at radius 1 is 1.73 bits per heavy atom. The van der Waals surface area contributed by atoms with Gasteiger partial charge in [-0.1, -0.05) is 0 Å². The molecule has 0 amide bonds. The van der Waals surface area contributed by atoms with Gasteiger partial charge < -0.3 is 10.7 Å². The lowest BCUT2D eigenvalue weighted by atomic mass is 10.3. The van der Waals surface area contributed by atoms with E-state index in [1.165, 1.54) is 0 Å². The fourth-order valence-corrected chi connectivity index (χ4v) is 0.832. The van der Waals surface area contributed by atoms with Crippen molar-refractivity contribution in [1.29, 1.82) is 10.7 Å². The van der Waals surface area contributed by atoms with Crippen molar-refractivity contribution in [2.75, 3.05) is 5.32 Å². The molecular weight excluding hydrogens is 221 g/mol. The van der Waals surface area contributed by atoms with Crippen molar-refractivity contribution in [3.8, 4) is 6.07 Å². The predicted molar refractivity (Wildman–Crippen MR) is 53.1 cm³/mol. The fourth-order valence-electron chi connectivity index (χ4n) is 0.699. The minimum absolute atomic E-state index is 0.0316. The molecule has 0 aromatic carbocycles. The molecule has 0 aliphatic rings. The van der Waals surface area contributed by atoms with E-state index in [1.807, 2.05) is 0 Å². The topological polar surface area (TPSA) is 85.5 Å². The van der Waals surface area contributed by atoms with Crippen molar-refractivity contribution in [2.45, 2.75) is 0 Å². The molecule has 7 heteroatoms. The van der Waals surface area contributed by atoms with Crippen LogP contribution in [0.2, 0.25) is 5.28 Å². The number of nitriles is 1. The predicted octanol–water partition coefficient (Wildman–Crippen LogP) is 1.74. The van der Waals surface area contributed by atoms with E-state index in [1.54, 1.807) is 6.07 Å². The van der Waals surface area contributed by atoms with Gasteiger partial charge in [0.05, 0.1) is 11.8 Å². The Morgan fingerprint density at radius 3 is 3.07 bits per heavy atom. The smallest absolute Gasteiger partial charge is 0.224 e. The molecule has 76 valence electrons. The Labute approximate surface area is 89.7 Å². The van der Waals surface area contributed by atoms with Gasteiger partial charge >= 0.3 is 0 Å². The highest BCUT2D eigenvalue weighted by Crippen LogP contribution is 2.11. The fraction of sp³-hybridized carbons (Fsp3) is 0. The number of halogens is 2. The van der Waals surface area contributed by atoms with Crippen LogP contribution in [0.3, 0.4) is 0 Å². The molecule has 0 saturated carbocycles. The van der Waals surface area contributed by atoms with Gasteiger partial charge in [0.15, 0.2) is 11.6 Å². The van der Waals surface area contributed by atoms with Gasteiger partial charge in [-0.3, -0.25) is 0 Å². The molecule has 5 nitrogen and oxygen atoms in total. The molecule has 0 aliphatic carbocycles. The first-order valence-electron chi connectivity index (χ1n) is 3.72. The lowest BCUT2D eigenvalue weighted by molar-refractivity contribution is 0.618. The molecule has 1 aromatic rings. The number of aromatic nitrogens is 2. The van der Waals surface area contributed by atoms with Crippen molar-refractivity contribution in [3.05, 3.63) is 29.1 Å². The van der Waals surface area contributed by atoms with Crippen molar-refractivity contribution >= 4 is 23.6 Å². The van der Waals surface area contributed by atoms with E-state index >= 15 is 0 Å². The summed E-state index contributed by atoms with van der Waals surface area (Å²) in [4.78, 5) is 6.97. The number of allylic oxidation sites excluding steroid dienone is 1. The number of nitrogens with one attached hydrogen (secondary N) is 2. The van der Waals surface area contributed by atoms with Crippen LogP contribution in [0.1, 0.15) is 0 Å². The number of hydrogen-bond donors (Lipinski definition) is 2. The number of nitrogens with zero attached hydrogens (tertiary/aromatic N) is 3. The van der Waals surface area contributed by atoms with Gasteiger partial charge in [-0.05, 0) is 11.6 Å². The van der Waals surface area contributed by atoms with Crippen LogP contribution in [0.5, 0.6) is 0 Å². The molecule has 15 heavy (non-hydrogen) atoms. The second-order valence-corrected chi connectivity index (χ2v) is 2.67. The molecule has 1 rings (SSSR count). The van der Waals surface area contributed by atoms with Crippen LogP contribution in [0, 0.1) is 22.6 Å². The third-order valence-corrected chi connectivity index (χ3v) is 1.55. The SMILES string of the molecule is N#C/C(C=N)=C/Nc1nc(Cl)ncc1F. The zero-order valence-electron chi connectivity index (χ0n) is 7.33. The number of rotatable bonds is 3. The van der Waals surface area contributed by atoms with Crippen LogP contribution >= 0.6 is 11.6 Å². The maximum atomic E-state index is 13.0. The number of anilines is 1. The van der Waals surface area contributed by atoms with Crippen LogP contribution < -0.4 is 5.32 Å². The van der Waals surface area contributed by atoms with Crippen molar-refractivity contribution in [2.24, 2.45) is 0 Å². The molecule has 0 atom stereocenters. The van der Waals surface area contributed by atoms with Gasteiger partial charge in [-0.15, -0.1) is 0 Å². The summed E-state index contributed by atoms with van der Waals surface area (Å²) < 4.78 is 13.0. The van der Waals surface area contributed by atoms with Crippen LogP contribution in [0.15, 0.2) is 18.0 Å². The highest BCUT2D eigenvalue weighted by Gasteiger charge is 2.03. The molecular formula is C8H5ClFN5. The quantitative estimate of drug-likeness (QED) is 0.466. The summed E-state index contributed by atoms with van der Waals surface area (Å²) in [5.74, 6) is -0.845. The standard InChI is InChI=1S/C8H5ClFN5/c9-8-14-4-6(10)7(15-8)13-3-5(1-11)2-12/h1,3-4,11H,(H,13,14,15)/b5-3+,11-1?. The van der Waals surface area contributed by atoms with Crippen LogP contribution in [-0.2, 0) is 0 Å². The van der Waals surface area contributed by atoms with E-state index in [4.69, 9.17) is 22.3 Å². The van der Waals surface area contributed by atoms with Gasteiger partial charge in [0, 0.05) is 12.4 Å². The first-order chi connectivity index (χ1) is 7.17. The first-order valence-corrected chi connectivity index (χ1v) is 4.10. The Balaban J connectivity index is 2.91. The molecule has 0 spiro atoms. The Morgan fingerprint density at radius 2 is 2.47 bits per heavy atom. The molecule has 0 fully saturated rings. The summed E-state index contributed by atoms with van der Waals surface area (Å²) >= 11 is 5.44. The van der Waals surface area contributed by atoms with Crippen LogP contribution in [-0.4, -0.2) is 16.2 Å². The van der Waals surface area contributed by atoms with Gasteiger partial charge in [0.2, 0.25) is 5.28 Å². The lowest BCUT2D eigenvalue weighted by Gasteiger charge is -2.00. The van der Waals surface area contributed by atoms with Gasteiger partial charge in [0.1, 0.15) is 6.07 Å². The zero-order valence-corrected chi connectivity index (χ0v) is 8.09. The van der Waals surface area contributed by atoms with E-state index in [2.05, 4.69) is 15.3 Å². The Hall–Kier alpha value is -2.00. The van der Waals surface area contributed by atoms with Crippen molar-refractivity contribution in [1.82, 2.24) is 9.97 Å². The Bertz CT molecular complexity index is 451. The largest absolute Gasteiger partial charge is 0.343 e. The van der Waals surface area contributed by atoms with Gasteiger partial charge in [0.25, 0.3) is 0 Å². The second-order valence-electron chi connectivity index (χ2n) is 2.34. The summed E-state index contributed by atoms with van der Waals surface area (Å²) in [6.45, 7) is 0. The Kier molecular flexibility index (Phi) is 3.71. The van der Waals surface area contributed by atoms with Crippen molar-refractivity contribution < 1.29 is 4.39 Å². The molecule has 0 bridgehead atoms. The summed E-state index contributed by atoms with van der Waals surface area (Å²) in [5.41, 5.74) is 0.0316. The molecule has 0 saturated heterocycles. The number of hydrogen-bond acceptors (Lipinski definition) is 5. The molecule has 2 N–H and O–H groups in total. The second kappa shape index (κ2) is 5.02. The van der Waals surface area contributed by atoms with E-state index in [0.717, 1.165) is 18.6 Å². The molecule has 1 heterocycles. The molecule has 0 radical (unpaired) electrons. The molecule has 1 aromatic heterocycles. The van der Waals surface area contributed by atoms with Crippen LogP contribution in [0.4, 0.5) is 10.2 Å². The molecule has 0 aliphatic heterocycles. The zero-order chi connectivity index (χ0) is 11.3. The third-order valence-electron chi connectivity index (χ3n) is 1.36. The third kappa shape index (κ3) is 3.00. The average molecular weight is 226 g/mol. The first kappa shape index (κ1) is 11.1. The normalized spacial score (nSPS) is 10.6. The van der Waals surface area contributed by atoms with Gasteiger partial charge in [-0.25, -0.2) is 9.37 Å². The highest BCUT2D eigenvalue weighted by molar-refractivity contribution is 6.28. The lowest BCUT2D eigenvalue weighted by Crippen LogP contribution is -1.99. The molecule has 0 unspecified atom stereocenters. The maximum Gasteiger partial charge on any atom is 0.224 e. The maximum absolute atomic E-state index is 13.0. The van der Waals surface area contributed by atoms with Crippen LogP contribution in [0.25, 0.3) is 0 Å². The summed E-state index contributed by atoms with van der Waals surface area (Å²) in [7, 11) is 0. The monoisotopic (exact) mass is 225 g/mol. The van der Waals surface area contributed by atoms with E-state index in [-0.39, 0.29) is 16.7 Å². The summed E-state index contributed by atoms with van der Waals surface area (Å²) in [6, 6.07) is 1.71. The van der Waals surface area contributed by atoms with E-state index in [0.29, 0.717) is 0 Å².